The third-order valence-electron chi connectivity index (χ3n) is 6.91. The van der Waals surface area contributed by atoms with Crippen molar-refractivity contribution in [3.8, 4) is 28.6 Å². The average Bonchev–Trinajstić information content (AvgIpc) is 2.92. The Bertz CT molecular complexity index is 1170. The summed E-state index contributed by atoms with van der Waals surface area (Å²) in [5.41, 5.74) is 2.31. The highest BCUT2D eigenvalue weighted by molar-refractivity contribution is 5.86. The second kappa shape index (κ2) is 15.3. The van der Waals surface area contributed by atoms with Crippen molar-refractivity contribution in [2.24, 2.45) is 0 Å². The number of unbranched alkanes of at least 4 members (excludes halogenated alkanes) is 10. The summed E-state index contributed by atoms with van der Waals surface area (Å²) in [7, 11) is 4.77. The monoisotopic (exact) mass is 510 g/mol. The summed E-state index contributed by atoms with van der Waals surface area (Å²) in [4.78, 5) is 13.0. The van der Waals surface area contributed by atoms with Crippen LogP contribution in [-0.2, 0) is 6.42 Å². The van der Waals surface area contributed by atoms with Crippen LogP contribution in [0.3, 0.4) is 0 Å². The molecule has 0 spiro atoms. The molecular formula is C31H42O6. The van der Waals surface area contributed by atoms with Gasteiger partial charge < -0.3 is 23.7 Å². The lowest BCUT2D eigenvalue weighted by atomic mass is 9.97. The molecule has 0 aliphatic carbocycles. The second-order valence-corrected chi connectivity index (χ2v) is 9.56. The molecule has 0 aliphatic rings. The Balaban J connectivity index is 1.63. The Kier molecular flexibility index (Phi) is 11.8. The van der Waals surface area contributed by atoms with Gasteiger partial charge in [-0.15, -0.1) is 0 Å². The van der Waals surface area contributed by atoms with Crippen LogP contribution >= 0.6 is 0 Å². The summed E-state index contributed by atoms with van der Waals surface area (Å²) in [5, 5.41) is 9.24. The molecule has 1 N–H and O–H groups in total. The first-order valence-electron chi connectivity index (χ1n) is 13.6. The number of ether oxygens (including phenoxy) is 3. The van der Waals surface area contributed by atoms with E-state index in [1.165, 1.54) is 58.5 Å². The van der Waals surface area contributed by atoms with Crippen LogP contribution in [0.5, 0.6) is 17.2 Å². The van der Waals surface area contributed by atoms with E-state index in [2.05, 4.69) is 0 Å². The van der Waals surface area contributed by atoms with E-state index in [0.717, 1.165) is 42.6 Å². The fourth-order valence-electron chi connectivity index (χ4n) is 4.80. The van der Waals surface area contributed by atoms with Crippen molar-refractivity contribution >= 4 is 11.0 Å². The fourth-order valence-corrected chi connectivity index (χ4v) is 4.80. The van der Waals surface area contributed by atoms with Gasteiger partial charge in [0.25, 0.3) is 0 Å². The number of aliphatic hydroxyl groups is 1. The Morgan fingerprint density at radius 1 is 0.703 bits per heavy atom. The maximum atomic E-state index is 13.0. The van der Waals surface area contributed by atoms with Crippen molar-refractivity contribution in [2.75, 3.05) is 27.9 Å². The van der Waals surface area contributed by atoms with Crippen molar-refractivity contribution in [1.29, 1.82) is 0 Å². The van der Waals surface area contributed by atoms with E-state index < -0.39 is 0 Å². The van der Waals surface area contributed by atoms with Crippen molar-refractivity contribution in [2.45, 2.75) is 77.0 Å². The summed E-state index contributed by atoms with van der Waals surface area (Å²) in [6.45, 7) is 0.318. The first kappa shape index (κ1) is 28.6. The lowest BCUT2D eigenvalue weighted by Gasteiger charge is -2.13. The third-order valence-corrected chi connectivity index (χ3v) is 6.91. The van der Waals surface area contributed by atoms with Gasteiger partial charge in [-0.25, -0.2) is 0 Å². The van der Waals surface area contributed by atoms with Crippen LogP contribution in [0.15, 0.2) is 45.6 Å². The molecule has 0 bridgehead atoms. The standard InChI is InChI=1S/C31H42O6/c1-34-24-16-17-26(23(19-24)15-13-11-9-7-5-4-6-8-10-12-14-18-32)28-22-27(33)31-29(36-3)20-25(35-2)21-30(31)37-28/h16-17,19-22,32H,4-15,18H2,1-3H3. The minimum Gasteiger partial charge on any atom is -0.497 e. The minimum atomic E-state index is -0.147. The molecule has 202 valence electrons. The quantitative estimate of drug-likeness (QED) is 0.192. The van der Waals surface area contributed by atoms with Gasteiger partial charge in [-0.1, -0.05) is 57.8 Å². The molecule has 3 rings (SSSR count). The maximum absolute atomic E-state index is 13.0. The predicted octanol–water partition coefficient (Wildman–Crippen LogP) is 7.31. The number of benzene rings is 2. The van der Waals surface area contributed by atoms with Gasteiger partial charge in [0, 0.05) is 30.4 Å². The minimum absolute atomic E-state index is 0.147. The number of hydrogen-bond acceptors (Lipinski definition) is 6. The Morgan fingerprint density at radius 3 is 1.92 bits per heavy atom. The predicted molar refractivity (Wildman–Crippen MR) is 149 cm³/mol. The zero-order chi connectivity index (χ0) is 26.5. The van der Waals surface area contributed by atoms with E-state index >= 15 is 0 Å². The summed E-state index contributed by atoms with van der Waals surface area (Å²) < 4.78 is 22.5. The second-order valence-electron chi connectivity index (χ2n) is 9.56. The topological polar surface area (TPSA) is 78.1 Å². The van der Waals surface area contributed by atoms with Gasteiger partial charge in [0.2, 0.25) is 0 Å². The molecule has 3 aromatic rings. The number of aryl methyl sites for hydroxylation is 1. The Labute approximate surface area is 220 Å². The number of methoxy groups -OCH3 is 3. The third kappa shape index (κ3) is 8.26. The average molecular weight is 511 g/mol. The van der Waals surface area contributed by atoms with Gasteiger partial charge in [-0.05, 0) is 43.0 Å². The molecule has 6 nitrogen and oxygen atoms in total. The summed E-state index contributed by atoms with van der Waals surface area (Å²) in [6.07, 6.45) is 14.1. The molecular weight excluding hydrogens is 468 g/mol. The molecule has 0 atom stereocenters. The zero-order valence-electron chi connectivity index (χ0n) is 22.6. The number of aliphatic hydroxyl groups excluding tert-OH is 1. The highest BCUT2D eigenvalue weighted by Gasteiger charge is 2.16. The highest BCUT2D eigenvalue weighted by Crippen LogP contribution is 2.34. The zero-order valence-corrected chi connectivity index (χ0v) is 22.6. The largest absolute Gasteiger partial charge is 0.497 e. The van der Waals surface area contributed by atoms with Crippen LogP contribution in [0.4, 0.5) is 0 Å². The van der Waals surface area contributed by atoms with Crippen LogP contribution in [0.1, 0.15) is 76.2 Å². The lowest BCUT2D eigenvalue weighted by molar-refractivity contribution is 0.282. The van der Waals surface area contributed by atoms with Crippen molar-refractivity contribution in [1.82, 2.24) is 0 Å². The molecule has 1 aromatic heterocycles. The van der Waals surface area contributed by atoms with Crippen LogP contribution in [0, 0.1) is 0 Å². The van der Waals surface area contributed by atoms with Crippen molar-refractivity contribution in [3.05, 3.63) is 52.2 Å². The molecule has 0 unspecified atom stereocenters. The SMILES string of the molecule is COc1ccc(-c2cc(=O)c3c(OC)cc(OC)cc3o2)c(CCCCCCCCCCCCCO)c1. The van der Waals surface area contributed by atoms with E-state index in [1.54, 1.807) is 32.4 Å². The van der Waals surface area contributed by atoms with Gasteiger partial charge in [-0.2, -0.15) is 0 Å². The lowest BCUT2D eigenvalue weighted by Crippen LogP contribution is -2.04. The number of hydrogen-bond donors (Lipinski definition) is 1. The van der Waals surface area contributed by atoms with Gasteiger partial charge in [0.05, 0.1) is 21.3 Å². The molecule has 6 heteroatoms. The normalized spacial score (nSPS) is 11.1. The number of rotatable bonds is 17. The summed E-state index contributed by atoms with van der Waals surface area (Å²) in [5.74, 6) is 2.33. The van der Waals surface area contributed by atoms with Crippen molar-refractivity contribution in [3.63, 3.8) is 0 Å². The fraction of sp³-hybridized carbons (Fsp3) is 0.516. The van der Waals surface area contributed by atoms with Gasteiger partial charge in [0.1, 0.15) is 34.0 Å². The van der Waals surface area contributed by atoms with Crippen LogP contribution in [-0.4, -0.2) is 33.0 Å². The van der Waals surface area contributed by atoms with Gasteiger partial charge in [-0.3, -0.25) is 4.79 Å². The van der Waals surface area contributed by atoms with Crippen LogP contribution in [0.2, 0.25) is 0 Å². The Hall–Kier alpha value is -2.99. The van der Waals surface area contributed by atoms with E-state index in [9.17, 15) is 4.79 Å². The molecule has 0 fully saturated rings. The molecule has 0 saturated carbocycles. The van der Waals surface area contributed by atoms with E-state index in [0.29, 0.717) is 34.8 Å². The molecule has 37 heavy (non-hydrogen) atoms. The van der Waals surface area contributed by atoms with Crippen LogP contribution < -0.4 is 19.6 Å². The van der Waals surface area contributed by atoms with Crippen molar-refractivity contribution < 1.29 is 23.7 Å². The molecule has 0 saturated heterocycles. The number of fused-ring (bicyclic) bond motifs is 1. The molecule has 0 aliphatic heterocycles. The highest BCUT2D eigenvalue weighted by atomic mass is 16.5. The first-order valence-corrected chi connectivity index (χ1v) is 13.6. The van der Waals surface area contributed by atoms with Gasteiger partial charge in [0.15, 0.2) is 5.43 Å². The molecule has 1 heterocycles. The molecule has 0 amide bonds. The smallest absolute Gasteiger partial charge is 0.197 e. The van der Waals surface area contributed by atoms with E-state index in [1.807, 2.05) is 18.2 Å². The summed E-state index contributed by atoms with van der Waals surface area (Å²) >= 11 is 0. The van der Waals surface area contributed by atoms with E-state index in [4.69, 9.17) is 23.7 Å². The molecule has 2 aromatic carbocycles. The molecule has 0 radical (unpaired) electrons. The Morgan fingerprint density at radius 2 is 1.32 bits per heavy atom. The van der Waals surface area contributed by atoms with Gasteiger partial charge >= 0.3 is 0 Å². The summed E-state index contributed by atoms with van der Waals surface area (Å²) in [6, 6.07) is 10.9. The van der Waals surface area contributed by atoms with E-state index in [-0.39, 0.29) is 5.43 Å². The maximum Gasteiger partial charge on any atom is 0.197 e. The first-order chi connectivity index (χ1) is 18.1. The van der Waals surface area contributed by atoms with Crippen LogP contribution in [0.25, 0.3) is 22.3 Å².